The average molecular weight is 334 g/mol. The number of rotatable bonds is 2. The number of fused-ring (bicyclic) bond motifs is 2. The van der Waals surface area contributed by atoms with Crippen molar-refractivity contribution in [2.45, 2.75) is 59.7 Å². The molecule has 0 saturated heterocycles. The lowest BCUT2D eigenvalue weighted by Gasteiger charge is -2.52. The normalized spacial score (nSPS) is 35.5. The predicted molar refractivity (Wildman–Crippen MR) is 87.6 cm³/mol. The summed E-state index contributed by atoms with van der Waals surface area (Å²) in [6.45, 7) is 9.56. The molecule has 24 heavy (non-hydrogen) atoms. The van der Waals surface area contributed by atoms with Crippen molar-refractivity contribution >= 4 is 11.8 Å². The molecule has 0 aliphatic heterocycles. The highest BCUT2D eigenvalue weighted by Gasteiger charge is 2.58. The first kappa shape index (κ1) is 17.2. The maximum atomic E-state index is 12.9. The lowest BCUT2D eigenvalue weighted by atomic mass is 9.53. The van der Waals surface area contributed by atoms with Gasteiger partial charge in [-0.05, 0) is 30.2 Å². The first-order valence-corrected chi connectivity index (χ1v) is 8.66. The van der Waals surface area contributed by atoms with Crippen LogP contribution in [-0.4, -0.2) is 29.1 Å². The van der Waals surface area contributed by atoms with Crippen LogP contribution in [0.15, 0.2) is 10.7 Å². The zero-order valence-corrected chi connectivity index (χ0v) is 15.0. The summed E-state index contributed by atoms with van der Waals surface area (Å²) >= 11 is 0. The standard InChI is InChI=1S/C19H26O5/c1-9(2)18(22)24-14-6-13(20)15-16(21)17-12(10(3)8-23-17)7-19(15,5)11(14)4/h8-9,11,13-15,20H,6-7H2,1-5H3. The Kier molecular flexibility index (Phi) is 4.11. The number of ketones is 1. The molecule has 0 bridgehead atoms. The first-order valence-electron chi connectivity index (χ1n) is 8.66. The molecule has 5 heteroatoms. The third kappa shape index (κ3) is 2.41. The van der Waals surface area contributed by atoms with Crippen molar-refractivity contribution in [3.63, 3.8) is 0 Å². The molecule has 0 spiro atoms. The van der Waals surface area contributed by atoms with Crippen molar-refractivity contribution in [1.29, 1.82) is 0 Å². The van der Waals surface area contributed by atoms with Crippen LogP contribution in [0.25, 0.3) is 0 Å². The van der Waals surface area contributed by atoms with E-state index in [1.807, 2.05) is 20.8 Å². The average Bonchev–Trinajstić information content (AvgIpc) is 2.85. The summed E-state index contributed by atoms with van der Waals surface area (Å²) in [6, 6.07) is 0. The number of hydrogen-bond acceptors (Lipinski definition) is 5. The van der Waals surface area contributed by atoms with Gasteiger partial charge in [0.1, 0.15) is 6.10 Å². The van der Waals surface area contributed by atoms with E-state index in [0.717, 1.165) is 11.1 Å². The van der Waals surface area contributed by atoms with Crippen LogP contribution in [0.4, 0.5) is 0 Å². The van der Waals surface area contributed by atoms with E-state index in [0.29, 0.717) is 18.6 Å². The Morgan fingerprint density at radius 1 is 1.46 bits per heavy atom. The van der Waals surface area contributed by atoms with Crippen molar-refractivity contribution in [3.8, 4) is 0 Å². The van der Waals surface area contributed by atoms with Crippen molar-refractivity contribution in [1.82, 2.24) is 0 Å². The van der Waals surface area contributed by atoms with Gasteiger partial charge in [0.05, 0.1) is 24.2 Å². The quantitative estimate of drug-likeness (QED) is 0.842. The van der Waals surface area contributed by atoms with E-state index in [1.54, 1.807) is 20.1 Å². The van der Waals surface area contributed by atoms with Gasteiger partial charge in [-0.1, -0.05) is 27.7 Å². The molecule has 5 nitrogen and oxygen atoms in total. The second-order valence-electron chi connectivity index (χ2n) is 7.97. The predicted octanol–water partition coefficient (Wildman–Crippen LogP) is 2.92. The Morgan fingerprint density at radius 3 is 2.75 bits per heavy atom. The third-order valence-corrected chi connectivity index (χ3v) is 6.07. The van der Waals surface area contributed by atoms with Gasteiger partial charge in [-0.25, -0.2) is 0 Å². The lowest BCUT2D eigenvalue weighted by molar-refractivity contribution is -0.170. The largest absolute Gasteiger partial charge is 0.462 e. The number of furan rings is 1. The SMILES string of the molecule is Cc1coc2c1CC1(C)C(C)C(OC(=O)C(C)C)CC(O)C1C2=O. The highest BCUT2D eigenvalue weighted by atomic mass is 16.5. The molecule has 3 rings (SSSR count). The smallest absolute Gasteiger partial charge is 0.308 e. The van der Waals surface area contributed by atoms with Crippen LogP contribution in [0.3, 0.4) is 0 Å². The van der Waals surface area contributed by atoms with E-state index in [2.05, 4.69) is 0 Å². The maximum Gasteiger partial charge on any atom is 0.308 e. The maximum absolute atomic E-state index is 12.9. The molecule has 5 atom stereocenters. The van der Waals surface area contributed by atoms with E-state index in [1.165, 1.54) is 0 Å². The Labute approximate surface area is 142 Å². The second-order valence-corrected chi connectivity index (χ2v) is 7.97. The van der Waals surface area contributed by atoms with Gasteiger partial charge in [-0.15, -0.1) is 0 Å². The summed E-state index contributed by atoms with van der Waals surface area (Å²) < 4.78 is 11.1. The molecule has 0 radical (unpaired) electrons. The van der Waals surface area contributed by atoms with Crippen molar-refractivity contribution in [2.75, 3.05) is 0 Å². The first-order chi connectivity index (χ1) is 11.2. The Bertz CT molecular complexity index is 673. The van der Waals surface area contributed by atoms with Crippen LogP contribution < -0.4 is 0 Å². The fourth-order valence-electron chi connectivity index (χ4n) is 4.32. The Hall–Kier alpha value is -1.62. The molecule has 1 fully saturated rings. The molecular weight excluding hydrogens is 308 g/mol. The number of aliphatic hydroxyl groups is 1. The van der Waals surface area contributed by atoms with Crippen LogP contribution >= 0.6 is 0 Å². The number of carbonyl (C=O) groups is 2. The highest BCUT2D eigenvalue weighted by Crippen LogP contribution is 2.53. The van der Waals surface area contributed by atoms with Crippen LogP contribution in [0.1, 0.15) is 55.8 Å². The number of aliphatic hydroxyl groups excluding tert-OH is 1. The van der Waals surface area contributed by atoms with E-state index in [-0.39, 0.29) is 29.7 Å². The molecule has 1 aromatic heterocycles. The van der Waals surface area contributed by atoms with Crippen LogP contribution in [0.2, 0.25) is 0 Å². The molecule has 1 aromatic rings. The van der Waals surface area contributed by atoms with Gasteiger partial charge in [0.15, 0.2) is 5.76 Å². The molecule has 0 aromatic carbocycles. The zero-order valence-electron chi connectivity index (χ0n) is 15.0. The van der Waals surface area contributed by atoms with Gasteiger partial charge in [0.2, 0.25) is 5.78 Å². The molecule has 1 heterocycles. The monoisotopic (exact) mass is 334 g/mol. The summed E-state index contributed by atoms with van der Waals surface area (Å²) in [5.74, 6) is -0.753. The molecule has 0 amide bonds. The fourth-order valence-corrected chi connectivity index (χ4v) is 4.32. The number of aryl methyl sites for hydroxylation is 1. The molecule has 1 N–H and O–H groups in total. The lowest BCUT2D eigenvalue weighted by Crippen LogP contribution is -2.58. The molecule has 132 valence electrons. The van der Waals surface area contributed by atoms with Crippen molar-refractivity contribution in [3.05, 3.63) is 23.2 Å². The minimum Gasteiger partial charge on any atom is -0.462 e. The molecule has 2 aliphatic rings. The Balaban J connectivity index is 1.96. The van der Waals surface area contributed by atoms with E-state index in [9.17, 15) is 14.7 Å². The van der Waals surface area contributed by atoms with Crippen LogP contribution in [0.5, 0.6) is 0 Å². The van der Waals surface area contributed by atoms with E-state index in [4.69, 9.17) is 9.15 Å². The molecule has 2 aliphatic carbocycles. The number of ether oxygens (including phenoxy) is 1. The minimum absolute atomic E-state index is 0.0278. The highest BCUT2D eigenvalue weighted by molar-refractivity contribution is 5.99. The summed E-state index contributed by atoms with van der Waals surface area (Å²) in [5.41, 5.74) is 1.42. The van der Waals surface area contributed by atoms with Gasteiger partial charge < -0.3 is 14.3 Å². The van der Waals surface area contributed by atoms with Gasteiger partial charge in [-0.3, -0.25) is 9.59 Å². The van der Waals surface area contributed by atoms with Gasteiger partial charge in [-0.2, -0.15) is 0 Å². The van der Waals surface area contributed by atoms with Gasteiger partial charge >= 0.3 is 5.97 Å². The molecular formula is C19H26O5. The second kappa shape index (κ2) is 5.73. The van der Waals surface area contributed by atoms with Crippen molar-refractivity contribution < 1.29 is 23.8 Å². The van der Waals surface area contributed by atoms with E-state index < -0.39 is 17.4 Å². The summed E-state index contributed by atoms with van der Waals surface area (Å²) in [6.07, 6.45) is 1.34. The summed E-state index contributed by atoms with van der Waals surface area (Å²) in [4.78, 5) is 24.9. The fraction of sp³-hybridized carbons (Fsp3) is 0.684. The zero-order chi connectivity index (χ0) is 17.8. The summed E-state index contributed by atoms with van der Waals surface area (Å²) in [7, 11) is 0. The number of hydrogen-bond donors (Lipinski definition) is 1. The third-order valence-electron chi connectivity index (χ3n) is 6.07. The Morgan fingerprint density at radius 2 is 2.12 bits per heavy atom. The number of esters is 1. The summed E-state index contributed by atoms with van der Waals surface area (Å²) in [5, 5.41) is 10.7. The van der Waals surface area contributed by atoms with E-state index >= 15 is 0 Å². The van der Waals surface area contributed by atoms with Gasteiger partial charge in [0, 0.05) is 12.0 Å². The number of carbonyl (C=O) groups excluding carboxylic acids is 2. The topological polar surface area (TPSA) is 76.7 Å². The molecule has 1 saturated carbocycles. The number of Topliss-reactive ketones (excluding diaryl/α,β-unsaturated/α-hetero) is 1. The molecule has 5 unspecified atom stereocenters. The minimum atomic E-state index is -0.831. The van der Waals surface area contributed by atoms with Crippen LogP contribution in [0, 0.1) is 30.1 Å². The van der Waals surface area contributed by atoms with Gasteiger partial charge in [0.25, 0.3) is 0 Å². The van der Waals surface area contributed by atoms with Crippen LogP contribution in [-0.2, 0) is 16.0 Å². The van der Waals surface area contributed by atoms with Crippen molar-refractivity contribution in [2.24, 2.45) is 23.2 Å².